The molecule has 1 aliphatic heterocycles. The summed E-state index contributed by atoms with van der Waals surface area (Å²) in [6.07, 6.45) is 10.9. The molecule has 4 nitrogen and oxygen atoms in total. The van der Waals surface area contributed by atoms with Gasteiger partial charge in [0.2, 0.25) is 0 Å². The van der Waals surface area contributed by atoms with Gasteiger partial charge in [0, 0.05) is 25.7 Å². The fraction of sp³-hybridized carbons (Fsp3) is 0.900. The van der Waals surface area contributed by atoms with Crippen LogP contribution in [0.4, 0.5) is 0 Å². The molecule has 1 saturated carbocycles. The summed E-state index contributed by atoms with van der Waals surface area (Å²) in [6, 6.07) is 0. The lowest BCUT2D eigenvalue weighted by atomic mass is 9.63. The van der Waals surface area contributed by atoms with Crippen molar-refractivity contribution in [1.29, 1.82) is 0 Å². The van der Waals surface area contributed by atoms with E-state index in [1.165, 1.54) is 31.2 Å². The summed E-state index contributed by atoms with van der Waals surface area (Å²) in [7, 11) is 1.55. The third kappa shape index (κ3) is 3.85. The molecule has 1 heterocycles. The Morgan fingerprint density at radius 1 is 1.08 bits per heavy atom. The monoisotopic (exact) mass is 350 g/mol. The van der Waals surface area contributed by atoms with Crippen molar-refractivity contribution in [2.75, 3.05) is 20.3 Å². The first-order valence-electron chi connectivity index (χ1n) is 9.97. The largest absolute Gasteiger partial charge is 0.490 e. The number of methoxy groups -OCH3 is 1. The van der Waals surface area contributed by atoms with Crippen LogP contribution in [0.15, 0.2) is 11.5 Å². The van der Waals surface area contributed by atoms with Crippen molar-refractivity contribution >= 4 is 7.12 Å². The molecule has 0 aromatic rings. The molecule has 5 heteroatoms. The molecular weight excluding hydrogens is 315 g/mol. The van der Waals surface area contributed by atoms with Gasteiger partial charge in [0.15, 0.2) is 0 Å². The number of allylic oxidation sites excluding steroid dienone is 1. The Kier molecular flexibility index (Phi) is 5.70. The van der Waals surface area contributed by atoms with Gasteiger partial charge in [-0.05, 0) is 65.3 Å². The van der Waals surface area contributed by atoms with Crippen LogP contribution in [0.5, 0.6) is 0 Å². The summed E-state index contributed by atoms with van der Waals surface area (Å²) in [4.78, 5) is 0. The van der Waals surface area contributed by atoms with Crippen LogP contribution in [-0.2, 0) is 18.8 Å². The highest BCUT2D eigenvalue weighted by atomic mass is 16.7. The summed E-state index contributed by atoms with van der Waals surface area (Å²) in [6.45, 7) is 10.1. The third-order valence-corrected chi connectivity index (χ3v) is 6.71. The Balaban J connectivity index is 1.72. The van der Waals surface area contributed by atoms with E-state index in [9.17, 15) is 0 Å². The summed E-state index contributed by atoms with van der Waals surface area (Å²) in [5.74, 6) is 0. The van der Waals surface area contributed by atoms with E-state index in [0.29, 0.717) is 6.10 Å². The molecule has 1 unspecified atom stereocenters. The minimum absolute atomic E-state index is 0.185. The van der Waals surface area contributed by atoms with E-state index in [1.54, 1.807) is 7.11 Å². The molecule has 3 aliphatic rings. The summed E-state index contributed by atoms with van der Waals surface area (Å²) in [5, 5.41) is 0. The van der Waals surface area contributed by atoms with E-state index < -0.39 is 0 Å². The second-order valence-electron chi connectivity index (χ2n) is 8.99. The van der Waals surface area contributed by atoms with Crippen LogP contribution < -0.4 is 0 Å². The van der Waals surface area contributed by atoms with Crippen LogP contribution in [-0.4, -0.2) is 44.7 Å². The number of hydrogen-bond acceptors (Lipinski definition) is 4. The van der Waals surface area contributed by atoms with Crippen LogP contribution in [0.25, 0.3) is 0 Å². The molecule has 25 heavy (non-hydrogen) atoms. The summed E-state index contributed by atoms with van der Waals surface area (Å²) >= 11 is 0. The van der Waals surface area contributed by atoms with Gasteiger partial charge in [-0.1, -0.05) is 18.9 Å². The molecule has 2 aliphatic carbocycles. The topological polar surface area (TPSA) is 36.9 Å². The van der Waals surface area contributed by atoms with Crippen molar-refractivity contribution in [2.45, 2.75) is 89.9 Å². The molecule has 0 N–H and O–H groups in total. The van der Waals surface area contributed by atoms with Crippen molar-refractivity contribution in [1.82, 2.24) is 0 Å². The SMILES string of the molecule is COCCCOC1CCC(B2OC(C)(C)C(C)(C)O2)=CC12CCCC2. The fourth-order valence-electron chi connectivity index (χ4n) is 4.48. The number of rotatable bonds is 6. The lowest BCUT2D eigenvalue weighted by molar-refractivity contribution is -0.0328. The zero-order valence-corrected chi connectivity index (χ0v) is 16.7. The van der Waals surface area contributed by atoms with E-state index in [1.807, 2.05) is 0 Å². The predicted molar refractivity (Wildman–Crippen MR) is 101 cm³/mol. The predicted octanol–water partition coefficient (Wildman–Crippen LogP) is 4.32. The van der Waals surface area contributed by atoms with Gasteiger partial charge in [0.1, 0.15) is 0 Å². The van der Waals surface area contributed by atoms with Gasteiger partial charge < -0.3 is 18.8 Å². The lowest BCUT2D eigenvalue weighted by Crippen LogP contribution is -2.41. The smallest absolute Gasteiger partial charge is 0.400 e. The number of hydrogen-bond donors (Lipinski definition) is 0. The minimum Gasteiger partial charge on any atom is -0.400 e. The standard InChI is InChI=1S/C20H35BO4/c1-18(2)19(3,4)25-21(24-18)16-9-10-17(23-14-8-13-22-5)20(15-16)11-6-7-12-20/h15,17H,6-14H2,1-5H3. The van der Waals surface area contributed by atoms with Gasteiger partial charge in [-0.2, -0.15) is 0 Å². The van der Waals surface area contributed by atoms with Crippen molar-refractivity contribution < 1.29 is 18.8 Å². The van der Waals surface area contributed by atoms with Gasteiger partial charge >= 0.3 is 7.12 Å². The third-order valence-electron chi connectivity index (χ3n) is 6.71. The van der Waals surface area contributed by atoms with E-state index >= 15 is 0 Å². The van der Waals surface area contributed by atoms with Crippen LogP contribution in [0.3, 0.4) is 0 Å². The molecule has 0 aromatic carbocycles. The molecule has 0 amide bonds. The lowest BCUT2D eigenvalue weighted by Gasteiger charge is -2.40. The molecule has 1 atom stereocenters. The zero-order chi connectivity index (χ0) is 18.1. The van der Waals surface area contributed by atoms with Gasteiger partial charge in [-0.15, -0.1) is 0 Å². The Morgan fingerprint density at radius 3 is 2.32 bits per heavy atom. The first-order valence-corrected chi connectivity index (χ1v) is 9.97. The van der Waals surface area contributed by atoms with Gasteiger partial charge in [0.05, 0.1) is 17.3 Å². The quantitative estimate of drug-likeness (QED) is 0.528. The number of ether oxygens (including phenoxy) is 2. The van der Waals surface area contributed by atoms with Crippen molar-refractivity contribution in [3.8, 4) is 0 Å². The normalized spacial score (nSPS) is 30.0. The summed E-state index contributed by atoms with van der Waals surface area (Å²) < 4.78 is 24.1. The second kappa shape index (κ2) is 7.34. The Hall–Kier alpha value is -0.355. The Bertz CT molecular complexity index is 478. The highest BCUT2D eigenvalue weighted by Gasteiger charge is 2.54. The highest BCUT2D eigenvalue weighted by Crippen LogP contribution is 2.50. The maximum atomic E-state index is 6.31. The molecule has 1 spiro atoms. The molecule has 142 valence electrons. The maximum Gasteiger partial charge on any atom is 0.490 e. The van der Waals surface area contributed by atoms with Crippen molar-refractivity contribution in [3.63, 3.8) is 0 Å². The van der Waals surface area contributed by atoms with E-state index in [0.717, 1.165) is 32.5 Å². The average molecular weight is 350 g/mol. The Labute approximate surface area is 153 Å². The zero-order valence-electron chi connectivity index (χ0n) is 16.7. The van der Waals surface area contributed by atoms with E-state index in [4.69, 9.17) is 18.8 Å². The average Bonchev–Trinajstić information content (AvgIpc) is 3.08. The fourth-order valence-corrected chi connectivity index (χ4v) is 4.48. The molecule has 3 rings (SSSR count). The van der Waals surface area contributed by atoms with Gasteiger partial charge in [-0.3, -0.25) is 0 Å². The first-order chi connectivity index (χ1) is 11.8. The van der Waals surface area contributed by atoms with Crippen molar-refractivity contribution in [2.24, 2.45) is 5.41 Å². The first kappa shape index (κ1) is 19.4. The van der Waals surface area contributed by atoms with Crippen LogP contribution in [0.2, 0.25) is 0 Å². The second-order valence-corrected chi connectivity index (χ2v) is 8.99. The molecule has 0 bridgehead atoms. The van der Waals surface area contributed by atoms with Crippen molar-refractivity contribution in [3.05, 3.63) is 11.5 Å². The van der Waals surface area contributed by atoms with Crippen LogP contribution in [0.1, 0.15) is 72.6 Å². The van der Waals surface area contributed by atoms with Gasteiger partial charge in [0.25, 0.3) is 0 Å². The summed E-state index contributed by atoms with van der Waals surface area (Å²) in [5.41, 5.74) is 0.978. The molecular formula is C20H35BO4. The minimum atomic E-state index is -0.269. The molecule has 0 aromatic heterocycles. The molecule has 0 radical (unpaired) electrons. The van der Waals surface area contributed by atoms with Gasteiger partial charge in [-0.25, -0.2) is 0 Å². The maximum absolute atomic E-state index is 6.31. The van der Waals surface area contributed by atoms with E-state index in [2.05, 4.69) is 33.8 Å². The molecule has 2 fully saturated rings. The Morgan fingerprint density at radius 2 is 1.72 bits per heavy atom. The van der Waals surface area contributed by atoms with Crippen LogP contribution in [0, 0.1) is 5.41 Å². The van der Waals surface area contributed by atoms with Crippen LogP contribution >= 0.6 is 0 Å². The molecule has 1 saturated heterocycles. The highest BCUT2D eigenvalue weighted by molar-refractivity contribution is 6.54. The van der Waals surface area contributed by atoms with E-state index in [-0.39, 0.29) is 23.7 Å².